The van der Waals surface area contributed by atoms with Crippen LogP contribution in [0.4, 0.5) is 0 Å². The lowest BCUT2D eigenvalue weighted by Crippen LogP contribution is -2.45. The fourth-order valence-corrected chi connectivity index (χ4v) is 4.51. The van der Waals surface area contributed by atoms with E-state index < -0.39 is 12.1 Å². The van der Waals surface area contributed by atoms with Gasteiger partial charge in [-0.25, -0.2) is 0 Å². The zero-order chi connectivity index (χ0) is 30.8. The quantitative estimate of drug-likeness (QED) is 0.0606. The van der Waals surface area contributed by atoms with E-state index in [9.17, 15) is 15.0 Å². The molecule has 0 aromatic rings. The van der Waals surface area contributed by atoms with Crippen LogP contribution in [-0.4, -0.2) is 34.9 Å². The fraction of sp³-hybridized carbons (Fsp3) is 0.658. The first kappa shape index (κ1) is 39.8. The second-order valence-electron chi connectivity index (χ2n) is 11.2. The highest BCUT2D eigenvalue weighted by Gasteiger charge is 2.17. The molecule has 0 aliphatic rings. The largest absolute Gasteiger partial charge is 0.394 e. The summed E-state index contributed by atoms with van der Waals surface area (Å²) in [6.07, 6.45) is 47.0. The molecule has 4 nitrogen and oxygen atoms in total. The molecule has 0 saturated carbocycles. The highest BCUT2D eigenvalue weighted by atomic mass is 16.3. The van der Waals surface area contributed by atoms with Gasteiger partial charge in [0.05, 0.1) is 18.8 Å². The molecule has 3 N–H and O–H groups in total. The van der Waals surface area contributed by atoms with Crippen LogP contribution in [0.5, 0.6) is 0 Å². The molecule has 2 atom stereocenters. The van der Waals surface area contributed by atoms with Crippen LogP contribution in [0.2, 0.25) is 0 Å². The Kier molecular flexibility index (Phi) is 31.6. The summed E-state index contributed by atoms with van der Waals surface area (Å²) in [7, 11) is 0. The van der Waals surface area contributed by atoms with Crippen molar-refractivity contribution in [3.05, 3.63) is 72.9 Å². The van der Waals surface area contributed by atoms with Crippen molar-refractivity contribution < 1.29 is 15.0 Å². The molecule has 0 heterocycles. The summed E-state index contributed by atoms with van der Waals surface area (Å²) in [5.41, 5.74) is 0. The Hall–Kier alpha value is -2.17. The summed E-state index contributed by atoms with van der Waals surface area (Å²) in [4.78, 5) is 12.3. The minimum Gasteiger partial charge on any atom is -0.394 e. The van der Waals surface area contributed by atoms with Gasteiger partial charge in [0.2, 0.25) is 5.91 Å². The number of unbranched alkanes of at least 4 members (excludes halogenated alkanes) is 12. The molecular weight excluding hydrogens is 518 g/mol. The Morgan fingerprint density at radius 2 is 1.07 bits per heavy atom. The van der Waals surface area contributed by atoms with E-state index in [1.807, 2.05) is 6.08 Å². The number of nitrogens with one attached hydrogen (secondary N) is 1. The van der Waals surface area contributed by atoms with Crippen LogP contribution in [0.1, 0.15) is 142 Å². The van der Waals surface area contributed by atoms with E-state index in [0.717, 1.165) is 70.6 Å². The third-order valence-corrected chi connectivity index (χ3v) is 7.15. The number of allylic oxidation sites excluding steroid dienone is 11. The molecule has 0 saturated heterocycles. The van der Waals surface area contributed by atoms with Gasteiger partial charge in [0.1, 0.15) is 0 Å². The molecular formula is C38H65NO3. The molecule has 0 spiro atoms. The number of carbonyl (C=O) groups excluding carboxylic acids is 1. The predicted molar refractivity (Wildman–Crippen MR) is 184 cm³/mol. The summed E-state index contributed by atoms with van der Waals surface area (Å²) in [6.45, 7) is 4.13. The summed E-state index contributed by atoms with van der Waals surface area (Å²) in [5.74, 6) is -0.112. The van der Waals surface area contributed by atoms with Gasteiger partial charge in [-0.2, -0.15) is 0 Å². The van der Waals surface area contributed by atoms with Gasteiger partial charge in [0.25, 0.3) is 0 Å². The van der Waals surface area contributed by atoms with E-state index in [-0.39, 0.29) is 12.5 Å². The van der Waals surface area contributed by atoms with E-state index in [2.05, 4.69) is 79.9 Å². The van der Waals surface area contributed by atoms with E-state index >= 15 is 0 Å². The van der Waals surface area contributed by atoms with Crippen molar-refractivity contribution in [2.75, 3.05) is 6.61 Å². The lowest BCUT2D eigenvalue weighted by Gasteiger charge is -2.19. The maximum absolute atomic E-state index is 12.3. The average molecular weight is 584 g/mol. The number of carbonyl (C=O) groups is 1. The number of amides is 1. The van der Waals surface area contributed by atoms with Gasteiger partial charge in [-0.05, 0) is 77.0 Å². The van der Waals surface area contributed by atoms with Gasteiger partial charge < -0.3 is 15.5 Å². The average Bonchev–Trinajstić information content (AvgIpc) is 2.99. The lowest BCUT2D eigenvalue weighted by molar-refractivity contribution is -0.123. The molecule has 4 heteroatoms. The van der Waals surface area contributed by atoms with Crippen molar-refractivity contribution >= 4 is 5.91 Å². The summed E-state index contributed by atoms with van der Waals surface area (Å²) < 4.78 is 0. The van der Waals surface area contributed by atoms with Crippen molar-refractivity contribution in [2.24, 2.45) is 0 Å². The van der Waals surface area contributed by atoms with Crippen LogP contribution in [0.3, 0.4) is 0 Å². The standard InChI is InChI=1S/C38H65NO3/c1-3-5-7-9-11-13-15-17-18-19-20-22-23-25-27-29-31-33-37(41)36(35-40)39-38(42)34-32-30-28-26-24-21-16-14-12-10-8-6-4-2/h6,8,12,14,18-19,21,23-25,31,33,36-37,40-41H,3-5,7,9-11,13,15-17,20,22,26-30,32,34-35H2,1-2H3,(H,39,42)/b8-6-,14-12-,19-18+,24-21-,25-23+,33-31+. The minimum absolute atomic E-state index is 0.112. The van der Waals surface area contributed by atoms with E-state index in [4.69, 9.17) is 0 Å². The molecule has 0 aliphatic heterocycles. The zero-order valence-corrected chi connectivity index (χ0v) is 27.2. The van der Waals surface area contributed by atoms with Crippen LogP contribution in [0, 0.1) is 0 Å². The maximum atomic E-state index is 12.3. The van der Waals surface area contributed by atoms with Crippen molar-refractivity contribution in [2.45, 2.75) is 154 Å². The molecule has 42 heavy (non-hydrogen) atoms. The molecule has 0 radical (unpaired) electrons. The molecule has 0 bridgehead atoms. The van der Waals surface area contributed by atoms with Crippen LogP contribution in [0.15, 0.2) is 72.9 Å². The first-order valence-corrected chi connectivity index (χ1v) is 17.2. The molecule has 0 aromatic heterocycles. The number of aliphatic hydroxyl groups is 2. The fourth-order valence-electron chi connectivity index (χ4n) is 4.51. The van der Waals surface area contributed by atoms with Crippen molar-refractivity contribution in [3.8, 4) is 0 Å². The first-order valence-electron chi connectivity index (χ1n) is 17.2. The monoisotopic (exact) mass is 583 g/mol. The SMILES string of the molecule is CC/C=C\C/C=C\C/C=C\CCCCCC(=O)NC(CO)C(O)/C=C/CC/C=C/CC/C=C/CCCCCCCCC. The Labute approximate surface area is 259 Å². The third-order valence-electron chi connectivity index (χ3n) is 7.15. The smallest absolute Gasteiger partial charge is 0.220 e. The number of aliphatic hydroxyl groups excluding tert-OH is 2. The van der Waals surface area contributed by atoms with Gasteiger partial charge in [-0.15, -0.1) is 0 Å². The van der Waals surface area contributed by atoms with Gasteiger partial charge in [-0.3, -0.25) is 4.79 Å². The first-order chi connectivity index (χ1) is 20.7. The van der Waals surface area contributed by atoms with Crippen molar-refractivity contribution in [3.63, 3.8) is 0 Å². The van der Waals surface area contributed by atoms with Crippen LogP contribution in [0.25, 0.3) is 0 Å². The van der Waals surface area contributed by atoms with E-state index in [1.54, 1.807) is 6.08 Å². The minimum atomic E-state index is -0.883. The number of rotatable bonds is 29. The third kappa shape index (κ3) is 29.3. The van der Waals surface area contributed by atoms with Crippen LogP contribution >= 0.6 is 0 Å². The summed E-state index contributed by atoms with van der Waals surface area (Å²) in [6, 6.07) is -0.661. The molecule has 1 amide bonds. The predicted octanol–water partition coefficient (Wildman–Crippen LogP) is 10.0. The zero-order valence-electron chi connectivity index (χ0n) is 27.2. The van der Waals surface area contributed by atoms with Gasteiger partial charge in [0, 0.05) is 6.42 Å². The van der Waals surface area contributed by atoms with Gasteiger partial charge in [-0.1, -0.05) is 132 Å². The Balaban J connectivity index is 3.82. The molecule has 240 valence electrons. The second-order valence-corrected chi connectivity index (χ2v) is 11.2. The van der Waals surface area contributed by atoms with E-state index in [0.29, 0.717) is 6.42 Å². The summed E-state index contributed by atoms with van der Waals surface area (Å²) in [5, 5.41) is 22.8. The van der Waals surface area contributed by atoms with Gasteiger partial charge in [0.15, 0.2) is 0 Å². The Morgan fingerprint density at radius 3 is 1.67 bits per heavy atom. The maximum Gasteiger partial charge on any atom is 0.220 e. The Bertz CT molecular complexity index is 762. The van der Waals surface area contributed by atoms with Crippen molar-refractivity contribution in [1.82, 2.24) is 5.32 Å². The molecule has 0 aromatic carbocycles. The second kappa shape index (κ2) is 33.3. The van der Waals surface area contributed by atoms with Crippen molar-refractivity contribution in [1.29, 1.82) is 0 Å². The highest BCUT2D eigenvalue weighted by Crippen LogP contribution is 2.09. The van der Waals surface area contributed by atoms with Gasteiger partial charge >= 0.3 is 0 Å². The van der Waals surface area contributed by atoms with E-state index in [1.165, 1.54) is 51.4 Å². The normalized spacial score (nSPS) is 14.1. The number of hydrogen-bond donors (Lipinski definition) is 3. The topological polar surface area (TPSA) is 69.6 Å². The highest BCUT2D eigenvalue weighted by molar-refractivity contribution is 5.76. The Morgan fingerprint density at radius 1 is 0.595 bits per heavy atom. The number of hydrogen-bond acceptors (Lipinski definition) is 3. The molecule has 2 unspecified atom stereocenters. The molecule has 0 fully saturated rings. The molecule has 0 rings (SSSR count). The lowest BCUT2D eigenvalue weighted by atomic mass is 10.1. The van der Waals surface area contributed by atoms with Crippen LogP contribution < -0.4 is 5.32 Å². The van der Waals surface area contributed by atoms with Crippen LogP contribution in [-0.2, 0) is 4.79 Å². The summed E-state index contributed by atoms with van der Waals surface area (Å²) >= 11 is 0. The molecule has 0 aliphatic carbocycles.